The van der Waals surface area contributed by atoms with E-state index < -0.39 is 0 Å². The summed E-state index contributed by atoms with van der Waals surface area (Å²) in [6.45, 7) is 4.61. The quantitative estimate of drug-likeness (QED) is 0.857. The zero-order chi connectivity index (χ0) is 15.2. The lowest BCUT2D eigenvalue weighted by Gasteiger charge is -2.47. The van der Waals surface area contributed by atoms with Crippen LogP contribution in [-0.4, -0.2) is 46.5 Å². The third-order valence-electron chi connectivity index (χ3n) is 5.55. The zero-order valence-electron chi connectivity index (χ0n) is 13.3. The number of aliphatic hydroxyl groups excluding tert-OH is 1. The maximum absolute atomic E-state index is 10.4. The molecule has 1 aromatic heterocycles. The first-order valence-corrected chi connectivity index (χ1v) is 8.61. The Morgan fingerprint density at radius 1 is 1.18 bits per heavy atom. The van der Waals surface area contributed by atoms with Crippen molar-refractivity contribution in [2.45, 2.75) is 63.6 Å². The fourth-order valence-corrected chi connectivity index (χ4v) is 4.28. The fourth-order valence-electron chi connectivity index (χ4n) is 4.28. The van der Waals surface area contributed by atoms with Gasteiger partial charge in [-0.1, -0.05) is 0 Å². The van der Waals surface area contributed by atoms with Crippen LogP contribution in [-0.2, 0) is 17.6 Å². The van der Waals surface area contributed by atoms with E-state index in [0.29, 0.717) is 0 Å². The predicted octanol–water partition coefficient (Wildman–Crippen LogP) is 1.78. The summed E-state index contributed by atoms with van der Waals surface area (Å²) in [6, 6.07) is 0. The largest absolute Gasteiger partial charge is 0.390 e. The van der Waals surface area contributed by atoms with Gasteiger partial charge in [0.05, 0.1) is 11.7 Å². The summed E-state index contributed by atoms with van der Waals surface area (Å²) in [7, 11) is 0. The molecule has 0 radical (unpaired) electrons. The van der Waals surface area contributed by atoms with Crippen LogP contribution in [0.1, 0.15) is 49.2 Å². The van der Waals surface area contributed by atoms with Gasteiger partial charge < -0.3 is 14.7 Å². The molecule has 0 saturated carbocycles. The highest BCUT2D eigenvalue weighted by Gasteiger charge is 2.44. The third-order valence-corrected chi connectivity index (χ3v) is 5.55. The van der Waals surface area contributed by atoms with E-state index in [9.17, 15) is 5.11 Å². The highest BCUT2D eigenvalue weighted by atomic mass is 16.5. The molecule has 2 fully saturated rings. The van der Waals surface area contributed by atoms with Gasteiger partial charge in [0, 0.05) is 31.0 Å². The number of hydrogen-bond donors (Lipinski definition) is 1. The number of fused-ring (bicyclic) bond motifs is 1. The van der Waals surface area contributed by atoms with Gasteiger partial charge in [-0.15, -0.1) is 0 Å². The molecule has 5 heteroatoms. The maximum atomic E-state index is 10.4. The minimum atomic E-state index is -0.306. The Labute approximate surface area is 131 Å². The van der Waals surface area contributed by atoms with Crippen LogP contribution >= 0.6 is 0 Å². The number of hydrogen-bond acceptors (Lipinski definition) is 5. The molecule has 1 aromatic rings. The van der Waals surface area contributed by atoms with Crippen LogP contribution in [0.4, 0.5) is 5.82 Å². The van der Waals surface area contributed by atoms with Crippen LogP contribution in [0.15, 0.2) is 0 Å². The normalized spacial score (nSPS) is 27.2. The van der Waals surface area contributed by atoms with Gasteiger partial charge in [0.15, 0.2) is 0 Å². The number of aromatic nitrogens is 2. The van der Waals surface area contributed by atoms with Crippen molar-refractivity contribution in [2.75, 3.05) is 24.6 Å². The van der Waals surface area contributed by atoms with Crippen molar-refractivity contribution in [1.29, 1.82) is 0 Å². The summed E-state index contributed by atoms with van der Waals surface area (Å²) >= 11 is 0. The summed E-state index contributed by atoms with van der Waals surface area (Å²) in [5.41, 5.74) is 2.29. The Hall–Kier alpha value is -1.20. The van der Waals surface area contributed by atoms with E-state index in [2.05, 4.69) is 9.88 Å². The molecule has 3 aliphatic rings. The Bertz CT molecular complexity index is 567. The van der Waals surface area contributed by atoms with E-state index in [-0.39, 0.29) is 11.7 Å². The molecule has 1 N–H and O–H groups in total. The summed E-state index contributed by atoms with van der Waals surface area (Å²) < 4.78 is 6.01. The van der Waals surface area contributed by atoms with E-state index in [1.165, 1.54) is 17.7 Å². The molecule has 4 rings (SSSR count). The minimum absolute atomic E-state index is 0.304. The van der Waals surface area contributed by atoms with Crippen LogP contribution in [0.3, 0.4) is 0 Å². The van der Waals surface area contributed by atoms with Gasteiger partial charge in [0.1, 0.15) is 11.6 Å². The van der Waals surface area contributed by atoms with E-state index in [1.54, 1.807) is 0 Å². The van der Waals surface area contributed by atoms with Crippen molar-refractivity contribution in [3.05, 3.63) is 17.1 Å². The van der Waals surface area contributed by atoms with Crippen molar-refractivity contribution in [2.24, 2.45) is 0 Å². The Balaban J connectivity index is 1.55. The van der Waals surface area contributed by atoms with Crippen molar-refractivity contribution >= 4 is 5.82 Å². The number of anilines is 1. The van der Waals surface area contributed by atoms with Gasteiger partial charge in [-0.25, -0.2) is 9.97 Å². The lowest BCUT2D eigenvalue weighted by molar-refractivity contribution is -0.164. The molecule has 0 aromatic carbocycles. The van der Waals surface area contributed by atoms with Crippen molar-refractivity contribution in [3.63, 3.8) is 0 Å². The van der Waals surface area contributed by atoms with Crippen molar-refractivity contribution < 1.29 is 9.84 Å². The zero-order valence-corrected chi connectivity index (χ0v) is 13.3. The number of aliphatic hydroxyl groups is 1. The Kier molecular flexibility index (Phi) is 3.57. The summed E-state index contributed by atoms with van der Waals surface area (Å²) in [5.74, 6) is 2.02. The highest BCUT2D eigenvalue weighted by Crippen LogP contribution is 2.38. The van der Waals surface area contributed by atoms with Crippen LogP contribution in [0.5, 0.6) is 0 Å². The lowest BCUT2D eigenvalue weighted by atomic mass is 9.82. The van der Waals surface area contributed by atoms with Gasteiger partial charge in [-0.3, -0.25) is 0 Å². The molecule has 2 aliphatic heterocycles. The second-order valence-electron chi connectivity index (χ2n) is 6.93. The molecular weight excluding hydrogens is 278 g/mol. The highest BCUT2D eigenvalue weighted by molar-refractivity contribution is 5.51. The molecule has 5 nitrogen and oxygen atoms in total. The number of nitrogens with zero attached hydrogens (tertiary/aromatic N) is 3. The first-order chi connectivity index (χ1) is 10.7. The number of ether oxygens (including phenoxy) is 1. The SMILES string of the molecule is Cc1nc2c(c(N3CCC4(CC3)OCCC[C@H]4O)n1)CCC2. The first kappa shape index (κ1) is 14.4. The fraction of sp³-hybridized carbons (Fsp3) is 0.765. The standard InChI is InChI=1S/C17H25N3O2/c1-12-18-14-5-2-4-13(14)16(19-12)20-9-7-17(8-10-20)15(21)6-3-11-22-17/h15,21H,2-11H2,1H3/t15-/m1/s1. The predicted molar refractivity (Wildman–Crippen MR) is 84.2 cm³/mol. The molecule has 1 spiro atoms. The van der Waals surface area contributed by atoms with Crippen LogP contribution in [0, 0.1) is 6.92 Å². The monoisotopic (exact) mass is 303 g/mol. The molecule has 0 unspecified atom stereocenters. The molecule has 22 heavy (non-hydrogen) atoms. The smallest absolute Gasteiger partial charge is 0.135 e. The van der Waals surface area contributed by atoms with Crippen LogP contribution < -0.4 is 4.90 Å². The minimum Gasteiger partial charge on any atom is -0.390 e. The number of piperidine rings is 1. The third kappa shape index (κ3) is 2.31. The number of rotatable bonds is 1. The van der Waals surface area contributed by atoms with E-state index >= 15 is 0 Å². The van der Waals surface area contributed by atoms with Crippen LogP contribution in [0.2, 0.25) is 0 Å². The van der Waals surface area contributed by atoms with Gasteiger partial charge >= 0.3 is 0 Å². The molecule has 1 atom stereocenters. The lowest BCUT2D eigenvalue weighted by Crippen LogP contribution is -2.55. The molecule has 2 saturated heterocycles. The average molecular weight is 303 g/mol. The van der Waals surface area contributed by atoms with Gasteiger partial charge in [0.2, 0.25) is 0 Å². The molecule has 0 bridgehead atoms. The van der Waals surface area contributed by atoms with E-state index in [4.69, 9.17) is 9.72 Å². The topological polar surface area (TPSA) is 58.5 Å². The second-order valence-corrected chi connectivity index (χ2v) is 6.93. The summed E-state index contributed by atoms with van der Waals surface area (Å²) in [6.07, 6.45) is 6.73. The first-order valence-electron chi connectivity index (χ1n) is 8.61. The molecule has 1 aliphatic carbocycles. The van der Waals surface area contributed by atoms with Crippen molar-refractivity contribution in [1.82, 2.24) is 9.97 Å². The average Bonchev–Trinajstić information content (AvgIpc) is 2.99. The number of aryl methyl sites for hydroxylation is 2. The molecule has 0 amide bonds. The van der Waals surface area contributed by atoms with Gasteiger partial charge in [-0.2, -0.15) is 0 Å². The summed E-state index contributed by atoms with van der Waals surface area (Å²) in [4.78, 5) is 11.7. The van der Waals surface area contributed by atoms with E-state index in [0.717, 1.165) is 69.9 Å². The molecule has 120 valence electrons. The molecular formula is C17H25N3O2. The summed E-state index contributed by atoms with van der Waals surface area (Å²) in [5, 5.41) is 10.4. The Morgan fingerprint density at radius 2 is 2.00 bits per heavy atom. The maximum Gasteiger partial charge on any atom is 0.135 e. The van der Waals surface area contributed by atoms with Gasteiger partial charge in [0.25, 0.3) is 0 Å². The molecule has 3 heterocycles. The van der Waals surface area contributed by atoms with Crippen molar-refractivity contribution in [3.8, 4) is 0 Å². The Morgan fingerprint density at radius 3 is 2.77 bits per heavy atom. The van der Waals surface area contributed by atoms with E-state index in [1.807, 2.05) is 6.92 Å². The van der Waals surface area contributed by atoms with Gasteiger partial charge in [-0.05, 0) is 51.9 Å². The second kappa shape index (κ2) is 5.46. The van der Waals surface area contributed by atoms with Crippen LogP contribution in [0.25, 0.3) is 0 Å².